The third-order valence-corrected chi connectivity index (χ3v) is 2.61. The van der Waals surface area contributed by atoms with Gasteiger partial charge in [0.2, 0.25) is 0 Å². The van der Waals surface area contributed by atoms with Gasteiger partial charge >= 0.3 is 0 Å². The van der Waals surface area contributed by atoms with Gasteiger partial charge in [0.05, 0.1) is 15.6 Å². The second-order valence-corrected chi connectivity index (χ2v) is 3.56. The average Bonchev–Trinajstić information content (AvgIpc) is 2.12. The second kappa shape index (κ2) is 3.17. The van der Waals surface area contributed by atoms with Crippen LogP contribution in [0.15, 0.2) is 24.4 Å². The van der Waals surface area contributed by atoms with Crippen LogP contribution in [0.4, 0.5) is 0 Å². The van der Waals surface area contributed by atoms with Gasteiger partial charge in [-0.25, -0.2) is 0 Å². The molecule has 2 aromatic rings. The molecule has 0 aliphatic carbocycles. The number of hydrogen-bond acceptors (Lipinski definition) is 1. The van der Waals surface area contributed by atoms with Crippen LogP contribution in [0.5, 0.6) is 0 Å². The van der Waals surface area contributed by atoms with E-state index in [1.165, 1.54) is 0 Å². The lowest BCUT2D eigenvalue weighted by Crippen LogP contribution is -1.82. The molecule has 1 radical (unpaired) electrons. The number of aromatic nitrogens is 1. The highest BCUT2D eigenvalue weighted by molar-refractivity contribution is 6.45. The maximum absolute atomic E-state index is 6.00. The van der Waals surface area contributed by atoms with Crippen molar-refractivity contribution >= 4 is 34.1 Å². The molecule has 3 heteroatoms. The zero-order valence-electron chi connectivity index (χ0n) is 6.72. The molecule has 0 spiro atoms. The van der Waals surface area contributed by atoms with Crippen LogP contribution in [-0.2, 0) is 0 Å². The van der Waals surface area contributed by atoms with Gasteiger partial charge in [0.25, 0.3) is 0 Å². The van der Waals surface area contributed by atoms with E-state index in [9.17, 15) is 0 Å². The molecule has 0 amide bonds. The van der Waals surface area contributed by atoms with Gasteiger partial charge in [0.15, 0.2) is 0 Å². The zero-order chi connectivity index (χ0) is 9.42. The molecule has 1 heterocycles. The lowest BCUT2D eigenvalue weighted by atomic mass is 10.1. The molecule has 0 N–H and O–H groups in total. The summed E-state index contributed by atoms with van der Waals surface area (Å²) < 4.78 is 0. The number of hydrogen-bond donors (Lipinski definition) is 0. The normalized spacial score (nSPS) is 10.7. The smallest absolute Gasteiger partial charge is 0.0782 e. The number of halogens is 2. The van der Waals surface area contributed by atoms with Gasteiger partial charge in [-0.05, 0) is 24.6 Å². The summed E-state index contributed by atoms with van der Waals surface area (Å²) in [6, 6.07) is 5.63. The number of fused-ring (bicyclic) bond motifs is 1. The Bertz CT molecular complexity index is 460. The molecule has 0 bridgehead atoms. The highest BCUT2D eigenvalue weighted by Gasteiger charge is 2.04. The van der Waals surface area contributed by atoms with Crippen LogP contribution in [-0.4, -0.2) is 4.98 Å². The standard InChI is InChI=1S/C10H6Cl2N/c1-6-2-3-9-7(4-6)10(12)8(11)5-13-9/h2-5H,1H2. The minimum absolute atomic E-state index is 0.472. The fourth-order valence-electron chi connectivity index (χ4n) is 1.18. The van der Waals surface area contributed by atoms with E-state index in [1.807, 2.05) is 18.2 Å². The summed E-state index contributed by atoms with van der Waals surface area (Å²) in [5.41, 5.74) is 1.74. The molecule has 1 nitrogen and oxygen atoms in total. The number of nitrogens with zero attached hydrogens (tertiary/aromatic N) is 1. The Morgan fingerprint density at radius 2 is 2.00 bits per heavy atom. The molecule has 0 aliphatic rings. The first-order chi connectivity index (χ1) is 6.18. The first-order valence-electron chi connectivity index (χ1n) is 3.74. The van der Waals surface area contributed by atoms with Crippen LogP contribution in [0.2, 0.25) is 10.0 Å². The van der Waals surface area contributed by atoms with Crippen molar-refractivity contribution in [1.29, 1.82) is 0 Å². The van der Waals surface area contributed by atoms with Gasteiger partial charge in [-0.2, -0.15) is 0 Å². The molecule has 65 valence electrons. The van der Waals surface area contributed by atoms with Crippen molar-refractivity contribution in [3.05, 3.63) is 46.9 Å². The number of rotatable bonds is 0. The van der Waals surface area contributed by atoms with Crippen LogP contribution < -0.4 is 0 Å². The van der Waals surface area contributed by atoms with Crippen LogP contribution in [0.1, 0.15) is 5.56 Å². The maximum atomic E-state index is 6.00. The third kappa shape index (κ3) is 1.50. The summed E-state index contributed by atoms with van der Waals surface area (Å²) in [6.07, 6.45) is 1.55. The first kappa shape index (κ1) is 8.79. The fraction of sp³-hybridized carbons (Fsp3) is 0. The molecular formula is C10H6Cl2N. The van der Waals surface area contributed by atoms with Crippen molar-refractivity contribution in [3.63, 3.8) is 0 Å². The predicted octanol–water partition coefficient (Wildman–Crippen LogP) is 3.72. The summed E-state index contributed by atoms with van der Waals surface area (Å²) in [4.78, 5) is 4.14. The quantitative estimate of drug-likeness (QED) is 0.646. The predicted molar refractivity (Wildman–Crippen MR) is 56.2 cm³/mol. The Hall–Kier alpha value is -0.790. The van der Waals surface area contributed by atoms with Crippen molar-refractivity contribution in [2.75, 3.05) is 0 Å². The van der Waals surface area contributed by atoms with E-state index in [-0.39, 0.29) is 0 Å². The van der Waals surface area contributed by atoms with Gasteiger partial charge in [-0.1, -0.05) is 29.3 Å². The van der Waals surface area contributed by atoms with Crippen LogP contribution in [0, 0.1) is 6.92 Å². The Balaban J connectivity index is 2.89. The molecule has 0 saturated heterocycles. The van der Waals surface area contributed by atoms with E-state index in [0.717, 1.165) is 16.5 Å². The van der Waals surface area contributed by atoms with Crippen LogP contribution >= 0.6 is 23.2 Å². The van der Waals surface area contributed by atoms with Crippen molar-refractivity contribution in [2.45, 2.75) is 0 Å². The van der Waals surface area contributed by atoms with E-state index < -0.39 is 0 Å². The molecule has 0 fully saturated rings. The molecule has 13 heavy (non-hydrogen) atoms. The van der Waals surface area contributed by atoms with Crippen molar-refractivity contribution in [3.8, 4) is 0 Å². The first-order valence-corrected chi connectivity index (χ1v) is 4.50. The summed E-state index contributed by atoms with van der Waals surface area (Å²) >= 11 is 11.8. The topological polar surface area (TPSA) is 12.9 Å². The van der Waals surface area contributed by atoms with Crippen molar-refractivity contribution in [1.82, 2.24) is 4.98 Å². The molecule has 1 aromatic carbocycles. The maximum Gasteiger partial charge on any atom is 0.0782 e. The minimum atomic E-state index is 0.472. The molecule has 1 aromatic heterocycles. The van der Waals surface area contributed by atoms with E-state index in [0.29, 0.717) is 10.0 Å². The summed E-state index contributed by atoms with van der Waals surface area (Å²) in [5, 5.41) is 1.86. The largest absolute Gasteiger partial charge is 0.255 e. The number of pyridine rings is 1. The van der Waals surface area contributed by atoms with Gasteiger partial charge in [0, 0.05) is 11.6 Å². The summed E-state index contributed by atoms with van der Waals surface area (Å²) in [6.45, 7) is 3.81. The van der Waals surface area contributed by atoms with Crippen LogP contribution in [0.25, 0.3) is 10.9 Å². The lowest BCUT2D eigenvalue weighted by molar-refractivity contribution is 1.41. The molecule has 2 rings (SSSR count). The van der Waals surface area contributed by atoms with Crippen LogP contribution in [0.3, 0.4) is 0 Å². The Labute approximate surface area is 86.3 Å². The monoisotopic (exact) mass is 210 g/mol. The SMILES string of the molecule is [CH2]c1ccc2ncc(Cl)c(Cl)c2c1. The van der Waals surface area contributed by atoms with Crippen molar-refractivity contribution < 1.29 is 0 Å². The average molecular weight is 211 g/mol. The minimum Gasteiger partial charge on any atom is -0.255 e. The summed E-state index contributed by atoms with van der Waals surface area (Å²) in [7, 11) is 0. The zero-order valence-corrected chi connectivity index (χ0v) is 8.23. The summed E-state index contributed by atoms with van der Waals surface area (Å²) in [5.74, 6) is 0. The van der Waals surface area contributed by atoms with Gasteiger partial charge in [-0.15, -0.1) is 0 Å². The lowest BCUT2D eigenvalue weighted by Gasteiger charge is -2.02. The molecular weight excluding hydrogens is 205 g/mol. The molecule has 0 aliphatic heterocycles. The highest BCUT2D eigenvalue weighted by Crippen LogP contribution is 2.29. The van der Waals surface area contributed by atoms with Gasteiger partial charge in [-0.3, -0.25) is 4.98 Å². The van der Waals surface area contributed by atoms with Gasteiger partial charge < -0.3 is 0 Å². The van der Waals surface area contributed by atoms with Crippen molar-refractivity contribution in [2.24, 2.45) is 0 Å². The molecule has 0 unspecified atom stereocenters. The molecule has 0 atom stereocenters. The fourth-order valence-corrected chi connectivity index (χ4v) is 1.53. The number of benzene rings is 1. The van der Waals surface area contributed by atoms with E-state index in [4.69, 9.17) is 23.2 Å². The second-order valence-electron chi connectivity index (χ2n) is 2.77. The Morgan fingerprint density at radius 3 is 2.77 bits per heavy atom. The highest BCUT2D eigenvalue weighted by atomic mass is 35.5. The third-order valence-electron chi connectivity index (χ3n) is 1.82. The van der Waals surface area contributed by atoms with E-state index >= 15 is 0 Å². The van der Waals surface area contributed by atoms with E-state index in [2.05, 4.69) is 11.9 Å². The van der Waals surface area contributed by atoms with Gasteiger partial charge in [0.1, 0.15) is 0 Å². The Morgan fingerprint density at radius 1 is 1.23 bits per heavy atom. The molecule has 0 saturated carbocycles. The van der Waals surface area contributed by atoms with E-state index in [1.54, 1.807) is 6.20 Å². The Kier molecular flexibility index (Phi) is 2.14.